The van der Waals surface area contributed by atoms with E-state index in [1.54, 1.807) is 0 Å². The van der Waals surface area contributed by atoms with E-state index in [2.05, 4.69) is 92.5 Å². The standard InChI is InChI=1S/C22H15BrN2/c23-17-12-13-24-18-8-5-11-21(22(17)18)25-19-9-3-1-6-15(19)14-16-7-2-4-10-20(16)25/h1-13H,14H2. The number of nitrogens with zero attached hydrogens (tertiary/aromatic N) is 2. The van der Waals surface area contributed by atoms with Gasteiger partial charge in [0.2, 0.25) is 0 Å². The van der Waals surface area contributed by atoms with Crippen LogP contribution in [0.4, 0.5) is 17.1 Å². The average molecular weight is 387 g/mol. The minimum Gasteiger partial charge on any atom is -0.309 e. The number of aromatic nitrogens is 1. The van der Waals surface area contributed by atoms with Crippen LogP contribution in [0.1, 0.15) is 11.1 Å². The third-order valence-electron chi connectivity index (χ3n) is 4.78. The molecule has 5 rings (SSSR count). The van der Waals surface area contributed by atoms with Crippen molar-refractivity contribution in [3.8, 4) is 0 Å². The molecule has 0 amide bonds. The van der Waals surface area contributed by atoms with Gasteiger partial charge >= 0.3 is 0 Å². The number of anilines is 3. The first-order chi connectivity index (χ1) is 12.3. The zero-order valence-electron chi connectivity index (χ0n) is 13.5. The highest BCUT2D eigenvalue weighted by Gasteiger charge is 2.25. The van der Waals surface area contributed by atoms with Crippen LogP contribution in [0.5, 0.6) is 0 Å². The summed E-state index contributed by atoms with van der Waals surface area (Å²) in [6.45, 7) is 0. The van der Waals surface area contributed by atoms with Gasteiger partial charge in [0.25, 0.3) is 0 Å². The van der Waals surface area contributed by atoms with E-state index in [0.29, 0.717) is 0 Å². The van der Waals surface area contributed by atoms with Crippen molar-refractivity contribution in [2.24, 2.45) is 0 Å². The van der Waals surface area contributed by atoms with Crippen LogP contribution in [0.3, 0.4) is 0 Å². The van der Waals surface area contributed by atoms with Crippen LogP contribution in [0, 0.1) is 0 Å². The lowest BCUT2D eigenvalue weighted by atomic mass is 9.94. The Kier molecular flexibility index (Phi) is 3.35. The van der Waals surface area contributed by atoms with Crippen LogP contribution in [0.25, 0.3) is 10.9 Å². The summed E-state index contributed by atoms with van der Waals surface area (Å²) in [5.74, 6) is 0. The van der Waals surface area contributed by atoms with Crippen molar-refractivity contribution in [2.45, 2.75) is 6.42 Å². The van der Waals surface area contributed by atoms with Crippen molar-refractivity contribution < 1.29 is 0 Å². The van der Waals surface area contributed by atoms with Crippen LogP contribution in [0.2, 0.25) is 0 Å². The summed E-state index contributed by atoms with van der Waals surface area (Å²) in [5.41, 5.74) is 7.31. The Hall–Kier alpha value is -2.65. The molecule has 3 heteroatoms. The van der Waals surface area contributed by atoms with Crippen molar-refractivity contribution in [2.75, 3.05) is 4.90 Å². The van der Waals surface area contributed by atoms with Gasteiger partial charge in [0.15, 0.2) is 0 Å². The number of halogens is 1. The van der Waals surface area contributed by atoms with Gasteiger partial charge in [-0.3, -0.25) is 4.98 Å². The van der Waals surface area contributed by atoms with Gasteiger partial charge in [0.1, 0.15) is 0 Å². The van der Waals surface area contributed by atoms with Crippen molar-refractivity contribution in [3.05, 3.63) is 94.6 Å². The molecule has 0 atom stereocenters. The molecule has 1 aromatic heterocycles. The molecule has 0 unspecified atom stereocenters. The van der Waals surface area contributed by atoms with Crippen LogP contribution in [0.15, 0.2) is 83.5 Å². The molecule has 0 radical (unpaired) electrons. The SMILES string of the molecule is Brc1ccnc2cccc(N3c4ccccc4Cc4ccccc43)c12. The Morgan fingerprint density at radius 3 is 2.08 bits per heavy atom. The van der Waals surface area contributed by atoms with Gasteiger partial charge in [-0.15, -0.1) is 0 Å². The summed E-state index contributed by atoms with van der Waals surface area (Å²) in [4.78, 5) is 6.92. The normalized spacial score (nSPS) is 12.8. The maximum absolute atomic E-state index is 4.55. The molecule has 25 heavy (non-hydrogen) atoms. The molecule has 0 saturated heterocycles. The zero-order chi connectivity index (χ0) is 16.8. The Labute approximate surface area is 154 Å². The first-order valence-corrected chi connectivity index (χ1v) is 9.11. The molecule has 1 aliphatic rings. The topological polar surface area (TPSA) is 16.1 Å². The van der Waals surface area contributed by atoms with Crippen LogP contribution >= 0.6 is 15.9 Å². The van der Waals surface area contributed by atoms with E-state index in [9.17, 15) is 0 Å². The number of fused-ring (bicyclic) bond motifs is 3. The summed E-state index contributed by atoms with van der Waals surface area (Å²) in [6.07, 6.45) is 2.81. The van der Waals surface area contributed by atoms with E-state index in [4.69, 9.17) is 0 Å². The van der Waals surface area contributed by atoms with Gasteiger partial charge in [0.05, 0.1) is 11.2 Å². The van der Waals surface area contributed by atoms with Crippen LogP contribution < -0.4 is 4.90 Å². The second-order valence-electron chi connectivity index (χ2n) is 6.23. The summed E-state index contributed by atoms with van der Waals surface area (Å²) < 4.78 is 1.06. The number of pyridine rings is 1. The van der Waals surface area contributed by atoms with Gasteiger partial charge in [0, 0.05) is 33.9 Å². The summed E-state index contributed by atoms with van der Waals surface area (Å²) in [6, 6.07) is 25.6. The molecular weight excluding hydrogens is 372 g/mol. The largest absolute Gasteiger partial charge is 0.309 e. The lowest BCUT2D eigenvalue weighted by molar-refractivity contribution is 1.09. The molecule has 0 saturated carbocycles. The summed E-state index contributed by atoms with van der Waals surface area (Å²) >= 11 is 3.73. The number of benzene rings is 3. The lowest BCUT2D eigenvalue weighted by Crippen LogP contribution is -2.18. The molecule has 0 fully saturated rings. The molecule has 0 N–H and O–H groups in total. The number of hydrogen-bond donors (Lipinski definition) is 0. The van der Waals surface area contributed by atoms with E-state index in [1.807, 2.05) is 12.3 Å². The second kappa shape index (κ2) is 5.71. The minimum atomic E-state index is 0.965. The predicted octanol–water partition coefficient (Wildman–Crippen LogP) is 6.37. The molecule has 120 valence electrons. The zero-order valence-corrected chi connectivity index (χ0v) is 15.1. The third-order valence-corrected chi connectivity index (χ3v) is 5.44. The highest BCUT2D eigenvalue weighted by molar-refractivity contribution is 9.10. The van der Waals surface area contributed by atoms with E-state index >= 15 is 0 Å². The Morgan fingerprint density at radius 2 is 1.36 bits per heavy atom. The fourth-order valence-corrected chi connectivity index (χ4v) is 4.21. The predicted molar refractivity (Wildman–Crippen MR) is 107 cm³/mol. The van der Waals surface area contributed by atoms with E-state index in [1.165, 1.54) is 22.5 Å². The molecule has 0 bridgehead atoms. The minimum absolute atomic E-state index is 0.965. The molecule has 0 spiro atoms. The highest BCUT2D eigenvalue weighted by atomic mass is 79.9. The highest BCUT2D eigenvalue weighted by Crippen LogP contribution is 2.46. The second-order valence-corrected chi connectivity index (χ2v) is 7.09. The van der Waals surface area contributed by atoms with Gasteiger partial charge in [-0.2, -0.15) is 0 Å². The Morgan fingerprint density at radius 1 is 0.720 bits per heavy atom. The first-order valence-electron chi connectivity index (χ1n) is 8.32. The molecule has 4 aromatic rings. The fraction of sp³-hybridized carbons (Fsp3) is 0.0455. The molecule has 0 aliphatic carbocycles. The molecule has 2 heterocycles. The quantitative estimate of drug-likeness (QED) is 0.332. The lowest BCUT2D eigenvalue weighted by Gasteiger charge is -2.34. The van der Waals surface area contributed by atoms with E-state index < -0.39 is 0 Å². The first kappa shape index (κ1) is 14.7. The van der Waals surface area contributed by atoms with Crippen LogP contribution in [-0.4, -0.2) is 4.98 Å². The Balaban J connectivity index is 1.87. The van der Waals surface area contributed by atoms with Gasteiger partial charge in [-0.05, 0) is 57.4 Å². The number of rotatable bonds is 1. The van der Waals surface area contributed by atoms with E-state index in [0.717, 1.165) is 27.5 Å². The van der Waals surface area contributed by atoms with Crippen molar-refractivity contribution >= 4 is 43.9 Å². The molecule has 3 aromatic carbocycles. The van der Waals surface area contributed by atoms with E-state index in [-0.39, 0.29) is 0 Å². The summed E-state index contributed by atoms with van der Waals surface area (Å²) in [5, 5.41) is 1.14. The van der Waals surface area contributed by atoms with Gasteiger partial charge in [-0.25, -0.2) is 0 Å². The van der Waals surface area contributed by atoms with Gasteiger partial charge < -0.3 is 4.90 Å². The van der Waals surface area contributed by atoms with Crippen LogP contribution in [-0.2, 0) is 6.42 Å². The van der Waals surface area contributed by atoms with Crippen molar-refractivity contribution in [1.82, 2.24) is 4.98 Å². The fourth-order valence-electron chi connectivity index (χ4n) is 3.68. The maximum Gasteiger partial charge on any atom is 0.0734 e. The van der Waals surface area contributed by atoms with Gasteiger partial charge in [-0.1, -0.05) is 42.5 Å². The molecular formula is C22H15BrN2. The number of hydrogen-bond acceptors (Lipinski definition) is 2. The maximum atomic E-state index is 4.55. The smallest absolute Gasteiger partial charge is 0.0734 e. The Bertz CT molecular complexity index is 1050. The summed E-state index contributed by atoms with van der Waals surface area (Å²) in [7, 11) is 0. The third kappa shape index (κ3) is 2.27. The van der Waals surface area contributed by atoms with Crippen molar-refractivity contribution in [1.29, 1.82) is 0 Å². The number of para-hydroxylation sites is 2. The average Bonchev–Trinajstić information content (AvgIpc) is 2.66. The molecule has 1 aliphatic heterocycles. The van der Waals surface area contributed by atoms with Crippen molar-refractivity contribution in [3.63, 3.8) is 0 Å². The monoisotopic (exact) mass is 386 g/mol. The molecule has 2 nitrogen and oxygen atoms in total.